The van der Waals surface area contributed by atoms with Gasteiger partial charge in [0.05, 0.1) is 16.0 Å². The zero-order valence-corrected chi connectivity index (χ0v) is 16.3. The number of aromatic nitrogens is 1. The molecule has 0 aliphatic rings. The smallest absolute Gasteiger partial charge is 0.343 e. The van der Waals surface area contributed by atoms with Crippen molar-refractivity contribution in [2.24, 2.45) is 0 Å². The van der Waals surface area contributed by atoms with Gasteiger partial charge in [-0.25, -0.2) is 27.1 Å². The van der Waals surface area contributed by atoms with E-state index in [2.05, 4.69) is 4.98 Å². The highest BCUT2D eigenvalue weighted by Gasteiger charge is 2.22. The molecule has 0 saturated carbocycles. The number of nitrogens with zero attached hydrogens (tertiary/aromatic N) is 1. The summed E-state index contributed by atoms with van der Waals surface area (Å²) in [6.07, 6.45) is 1.05. The molecule has 2 N–H and O–H groups in total. The number of hydrogen-bond acceptors (Lipinski definition) is 7. The SMILES string of the molecule is O=C(O)c1ccnc(C(=O)NS(=O)(=O)c2cccc(C(=O)Oc3ccc(F)cc3)c2)c1. The van der Waals surface area contributed by atoms with Crippen molar-refractivity contribution in [3.63, 3.8) is 0 Å². The molecule has 3 rings (SSSR count). The molecule has 1 heterocycles. The lowest BCUT2D eigenvalue weighted by Crippen LogP contribution is -2.31. The van der Waals surface area contributed by atoms with Crippen molar-refractivity contribution in [3.8, 4) is 5.75 Å². The van der Waals surface area contributed by atoms with Crippen molar-refractivity contribution in [3.05, 3.63) is 89.5 Å². The van der Waals surface area contributed by atoms with Gasteiger partial charge < -0.3 is 9.84 Å². The Morgan fingerprint density at radius 2 is 1.68 bits per heavy atom. The summed E-state index contributed by atoms with van der Waals surface area (Å²) in [5.74, 6) is -3.83. The molecule has 9 nitrogen and oxygen atoms in total. The molecule has 0 radical (unpaired) electrons. The number of esters is 1. The Balaban J connectivity index is 1.79. The number of hydrogen-bond donors (Lipinski definition) is 2. The zero-order valence-electron chi connectivity index (χ0n) is 15.5. The van der Waals surface area contributed by atoms with Gasteiger partial charge in [-0.3, -0.25) is 9.78 Å². The molecule has 0 unspecified atom stereocenters. The lowest BCUT2D eigenvalue weighted by Gasteiger charge is -2.09. The fourth-order valence-corrected chi connectivity index (χ4v) is 3.39. The van der Waals surface area contributed by atoms with Gasteiger partial charge in [0.2, 0.25) is 0 Å². The number of sulfonamides is 1. The third-order valence-electron chi connectivity index (χ3n) is 3.87. The highest BCUT2D eigenvalue weighted by Crippen LogP contribution is 2.16. The number of ether oxygens (including phenoxy) is 1. The Kier molecular flexibility index (Phi) is 6.07. The maximum atomic E-state index is 12.9. The van der Waals surface area contributed by atoms with Crippen LogP contribution < -0.4 is 9.46 Å². The molecular weight excluding hydrogens is 431 g/mol. The first kappa shape index (κ1) is 21.6. The number of amides is 1. The van der Waals surface area contributed by atoms with Gasteiger partial charge in [0.15, 0.2) is 0 Å². The van der Waals surface area contributed by atoms with E-state index in [1.54, 1.807) is 4.72 Å². The van der Waals surface area contributed by atoms with E-state index in [1.807, 2.05) is 0 Å². The van der Waals surface area contributed by atoms with Crippen molar-refractivity contribution < 1.29 is 37.0 Å². The van der Waals surface area contributed by atoms with Crippen LogP contribution in [0.1, 0.15) is 31.2 Å². The van der Waals surface area contributed by atoms with Crippen molar-refractivity contribution in [2.45, 2.75) is 4.90 Å². The fourth-order valence-electron chi connectivity index (χ4n) is 2.38. The second-order valence-corrected chi connectivity index (χ2v) is 7.72. The van der Waals surface area contributed by atoms with Crippen molar-refractivity contribution in [2.75, 3.05) is 0 Å². The van der Waals surface area contributed by atoms with Crippen LogP contribution in [0.2, 0.25) is 0 Å². The number of carboxylic acids is 1. The summed E-state index contributed by atoms with van der Waals surface area (Å²) < 4.78 is 44.8. The van der Waals surface area contributed by atoms with Crippen LogP contribution in [0.25, 0.3) is 0 Å². The van der Waals surface area contributed by atoms with Gasteiger partial charge >= 0.3 is 11.9 Å². The quantitative estimate of drug-likeness (QED) is 0.436. The number of benzene rings is 2. The van der Waals surface area contributed by atoms with E-state index in [4.69, 9.17) is 9.84 Å². The van der Waals surface area contributed by atoms with Crippen molar-refractivity contribution in [1.82, 2.24) is 9.71 Å². The van der Waals surface area contributed by atoms with Crippen LogP contribution in [0.5, 0.6) is 5.75 Å². The number of aromatic carboxylic acids is 1. The molecule has 2 aromatic carbocycles. The molecular formula is C20H13FN2O7S. The third-order valence-corrected chi connectivity index (χ3v) is 5.20. The maximum absolute atomic E-state index is 12.9. The standard InChI is InChI=1S/C20H13FN2O7S/c21-14-4-6-15(7-5-14)30-20(27)13-2-1-3-16(10-13)31(28,29)23-18(24)17-11-12(19(25)26)8-9-22-17/h1-11H,(H,23,24)(H,25,26). The Morgan fingerprint density at radius 3 is 2.35 bits per heavy atom. The molecule has 31 heavy (non-hydrogen) atoms. The molecule has 0 saturated heterocycles. The number of carbonyl (C=O) groups is 3. The largest absolute Gasteiger partial charge is 0.478 e. The monoisotopic (exact) mass is 444 g/mol. The van der Waals surface area contributed by atoms with E-state index in [9.17, 15) is 27.2 Å². The van der Waals surface area contributed by atoms with Gasteiger partial charge in [-0.1, -0.05) is 6.07 Å². The number of nitrogens with one attached hydrogen (secondary N) is 1. The molecule has 11 heteroatoms. The summed E-state index contributed by atoms with van der Waals surface area (Å²) in [6, 6.07) is 11.4. The molecule has 1 amide bonds. The molecule has 158 valence electrons. The molecule has 0 aliphatic heterocycles. The second kappa shape index (κ2) is 8.71. The van der Waals surface area contributed by atoms with Crippen LogP contribution in [0.3, 0.4) is 0 Å². The average Bonchev–Trinajstić information content (AvgIpc) is 2.75. The van der Waals surface area contributed by atoms with Gasteiger partial charge in [-0.05, 0) is 54.6 Å². The lowest BCUT2D eigenvalue weighted by atomic mass is 10.2. The lowest BCUT2D eigenvalue weighted by molar-refractivity contribution is 0.0694. The number of carbonyl (C=O) groups excluding carboxylic acids is 2. The number of halogens is 1. The first-order valence-electron chi connectivity index (χ1n) is 8.50. The highest BCUT2D eigenvalue weighted by molar-refractivity contribution is 7.90. The van der Waals surface area contributed by atoms with Gasteiger partial charge in [-0.2, -0.15) is 0 Å². The molecule has 3 aromatic rings. The topological polar surface area (TPSA) is 140 Å². The highest BCUT2D eigenvalue weighted by atomic mass is 32.2. The summed E-state index contributed by atoms with van der Waals surface area (Å²) in [7, 11) is -4.42. The summed E-state index contributed by atoms with van der Waals surface area (Å²) in [4.78, 5) is 38.7. The van der Waals surface area contributed by atoms with Gasteiger partial charge in [-0.15, -0.1) is 0 Å². The van der Waals surface area contributed by atoms with Crippen LogP contribution in [0, 0.1) is 5.82 Å². The molecule has 0 aliphatic carbocycles. The second-order valence-electron chi connectivity index (χ2n) is 6.04. The van der Waals surface area contributed by atoms with Crippen LogP contribution >= 0.6 is 0 Å². The normalized spacial score (nSPS) is 10.9. The van der Waals surface area contributed by atoms with E-state index >= 15 is 0 Å². The van der Waals surface area contributed by atoms with E-state index in [0.29, 0.717) is 0 Å². The van der Waals surface area contributed by atoms with Crippen LogP contribution in [0.15, 0.2) is 71.8 Å². The first-order valence-corrected chi connectivity index (χ1v) is 9.98. The fraction of sp³-hybridized carbons (Fsp3) is 0. The number of carboxylic acid groups (broad SMARTS) is 1. The summed E-state index contributed by atoms with van der Waals surface area (Å²) in [5, 5.41) is 8.96. The Morgan fingerprint density at radius 1 is 0.968 bits per heavy atom. The van der Waals surface area contributed by atoms with E-state index in [0.717, 1.165) is 42.6 Å². The van der Waals surface area contributed by atoms with Crippen LogP contribution in [-0.2, 0) is 10.0 Å². The molecule has 0 fully saturated rings. The predicted molar refractivity (Wildman–Crippen MR) is 104 cm³/mol. The van der Waals surface area contributed by atoms with Gasteiger partial charge in [0.25, 0.3) is 15.9 Å². The minimum atomic E-state index is -4.42. The van der Waals surface area contributed by atoms with Crippen molar-refractivity contribution >= 4 is 27.9 Å². The van der Waals surface area contributed by atoms with Gasteiger partial charge in [0, 0.05) is 6.20 Å². The Bertz CT molecular complexity index is 1270. The third kappa shape index (κ3) is 5.28. The Hall–Kier alpha value is -4.12. The van der Waals surface area contributed by atoms with Gasteiger partial charge in [0.1, 0.15) is 17.3 Å². The zero-order chi connectivity index (χ0) is 22.6. The molecule has 0 bridgehead atoms. The molecule has 0 spiro atoms. The molecule has 0 atom stereocenters. The van der Waals surface area contributed by atoms with Crippen LogP contribution in [0.4, 0.5) is 4.39 Å². The first-order chi connectivity index (χ1) is 14.7. The average molecular weight is 444 g/mol. The van der Waals surface area contributed by atoms with E-state index < -0.39 is 44.3 Å². The minimum Gasteiger partial charge on any atom is -0.478 e. The number of pyridine rings is 1. The van der Waals surface area contributed by atoms with E-state index in [-0.39, 0.29) is 16.9 Å². The summed E-state index contributed by atoms with van der Waals surface area (Å²) in [6.45, 7) is 0. The summed E-state index contributed by atoms with van der Waals surface area (Å²) >= 11 is 0. The van der Waals surface area contributed by atoms with Crippen molar-refractivity contribution in [1.29, 1.82) is 0 Å². The Labute approximate surface area is 175 Å². The molecule has 1 aromatic heterocycles. The number of rotatable bonds is 6. The summed E-state index contributed by atoms with van der Waals surface area (Å²) in [5.41, 5.74) is -0.802. The maximum Gasteiger partial charge on any atom is 0.343 e. The minimum absolute atomic E-state index is 0.0531. The van der Waals surface area contributed by atoms with E-state index in [1.165, 1.54) is 24.3 Å². The predicted octanol–water partition coefficient (Wildman–Crippen LogP) is 2.26. The van der Waals surface area contributed by atoms with Crippen LogP contribution in [-0.4, -0.2) is 36.4 Å².